The highest BCUT2D eigenvalue weighted by molar-refractivity contribution is 5.43. The van der Waals surface area contributed by atoms with Crippen LogP contribution in [0.15, 0.2) is 18.2 Å². The molecule has 0 amide bonds. The maximum atomic E-state index is 5.30. The minimum atomic E-state index is 0.263. The normalized spacial score (nSPS) is 23.7. The van der Waals surface area contributed by atoms with E-state index in [0.29, 0.717) is 0 Å². The molecule has 3 nitrogen and oxygen atoms in total. The average Bonchev–Trinajstić information content (AvgIpc) is 2.26. The molecule has 1 N–H and O–H groups in total. The molecule has 3 heteroatoms. The molecule has 1 heterocycles. The molecule has 1 fully saturated rings. The fraction of sp³-hybridized carbons (Fsp3) is 0.538. The van der Waals surface area contributed by atoms with Crippen molar-refractivity contribution in [2.24, 2.45) is 0 Å². The third-order valence-electron chi connectivity index (χ3n) is 3.27. The van der Waals surface area contributed by atoms with E-state index in [2.05, 4.69) is 24.4 Å². The van der Waals surface area contributed by atoms with Crippen molar-refractivity contribution < 1.29 is 9.47 Å². The molecule has 1 aliphatic rings. The van der Waals surface area contributed by atoms with Crippen molar-refractivity contribution in [3.8, 4) is 11.5 Å². The Bertz CT molecular complexity index is 372. The summed E-state index contributed by atoms with van der Waals surface area (Å²) in [5.41, 5.74) is 1.55. The van der Waals surface area contributed by atoms with E-state index in [0.717, 1.165) is 24.5 Å². The van der Waals surface area contributed by atoms with Crippen molar-refractivity contribution in [2.45, 2.75) is 25.3 Å². The van der Waals surface area contributed by atoms with E-state index in [1.54, 1.807) is 14.2 Å². The zero-order valence-electron chi connectivity index (χ0n) is 10.2. The number of nitrogens with one attached hydrogen (secondary N) is 1. The molecule has 1 unspecified atom stereocenters. The molecule has 0 radical (unpaired) electrons. The molecule has 1 atom stereocenters. The van der Waals surface area contributed by atoms with Crippen LogP contribution < -0.4 is 14.8 Å². The zero-order valence-corrected chi connectivity index (χ0v) is 10.2. The van der Waals surface area contributed by atoms with Crippen molar-refractivity contribution in [1.82, 2.24) is 5.32 Å². The molecular weight excluding hydrogens is 202 g/mol. The lowest BCUT2D eigenvalue weighted by molar-refractivity contribution is 0.231. The first-order valence-corrected chi connectivity index (χ1v) is 5.63. The van der Waals surface area contributed by atoms with Gasteiger partial charge in [0.1, 0.15) is 0 Å². The van der Waals surface area contributed by atoms with Gasteiger partial charge in [0.25, 0.3) is 0 Å². The van der Waals surface area contributed by atoms with E-state index < -0.39 is 0 Å². The first-order chi connectivity index (χ1) is 7.67. The molecule has 1 aromatic carbocycles. The van der Waals surface area contributed by atoms with Crippen molar-refractivity contribution >= 4 is 0 Å². The Balaban J connectivity index is 2.15. The van der Waals surface area contributed by atoms with Crippen molar-refractivity contribution in [3.05, 3.63) is 23.8 Å². The molecule has 0 spiro atoms. The minimum absolute atomic E-state index is 0.263. The molecule has 1 aliphatic heterocycles. The molecule has 0 aromatic heterocycles. The van der Waals surface area contributed by atoms with Gasteiger partial charge in [-0.1, -0.05) is 6.07 Å². The predicted molar refractivity (Wildman–Crippen MR) is 64.3 cm³/mol. The zero-order chi connectivity index (χ0) is 11.6. The van der Waals surface area contributed by atoms with Crippen LogP contribution >= 0.6 is 0 Å². The molecule has 1 aromatic rings. The van der Waals surface area contributed by atoms with Gasteiger partial charge >= 0.3 is 0 Å². The van der Waals surface area contributed by atoms with Crippen LogP contribution in [0.25, 0.3) is 0 Å². The fourth-order valence-electron chi connectivity index (χ4n) is 2.14. The Kier molecular flexibility index (Phi) is 3.06. The van der Waals surface area contributed by atoms with Crippen LogP contribution in [-0.4, -0.2) is 26.3 Å². The number of hydrogen-bond acceptors (Lipinski definition) is 3. The van der Waals surface area contributed by atoms with E-state index in [1.807, 2.05) is 6.07 Å². The predicted octanol–water partition coefficient (Wildman–Crippen LogP) is 2.00. The van der Waals surface area contributed by atoms with Gasteiger partial charge in [-0.25, -0.2) is 0 Å². The van der Waals surface area contributed by atoms with Gasteiger partial charge in [-0.15, -0.1) is 0 Å². The van der Waals surface area contributed by atoms with Crippen LogP contribution in [0.1, 0.15) is 18.9 Å². The Morgan fingerprint density at radius 2 is 1.94 bits per heavy atom. The third kappa shape index (κ3) is 2.14. The summed E-state index contributed by atoms with van der Waals surface area (Å²) in [6, 6.07) is 6.13. The summed E-state index contributed by atoms with van der Waals surface area (Å²) in [7, 11) is 3.33. The van der Waals surface area contributed by atoms with E-state index in [9.17, 15) is 0 Å². The highest BCUT2D eigenvalue weighted by Crippen LogP contribution is 2.30. The van der Waals surface area contributed by atoms with Gasteiger partial charge in [0.15, 0.2) is 11.5 Å². The third-order valence-corrected chi connectivity index (χ3v) is 3.27. The van der Waals surface area contributed by atoms with Crippen LogP contribution in [0.3, 0.4) is 0 Å². The smallest absolute Gasteiger partial charge is 0.160 e. The second kappa shape index (κ2) is 4.34. The van der Waals surface area contributed by atoms with E-state index >= 15 is 0 Å². The molecule has 88 valence electrons. The summed E-state index contributed by atoms with van der Waals surface area (Å²) < 4.78 is 10.5. The summed E-state index contributed by atoms with van der Waals surface area (Å²) in [6.07, 6.45) is 2.27. The van der Waals surface area contributed by atoms with Gasteiger partial charge in [0.2, 0.25) is 0 Å². The highest BCUT2D eigenvalue weighted by atomic mass is 16.5. The molecule has 16 heavy (non-hydrogen) atoms. The Labute approximate surface area is 96.8 Å². The highest BCUT2D eigenvalue weighted by Gasteiger charge is 2.31. The number of benzene rings is 1. The molecule has 2 rings (SSSR count). The maximum Gasteiger partial charge on any atom is 0.160 e. The monoisotopic (exact) mass is 221 g/mol. The lowest BCUT2D eigenvalue weighted by atomic mass is 9.84. The summed E-state index contributed by atoms with van der Waals surface area (Å²) >= 11 is 0. The summed E-state index contributed by atoms with van der Waals surface area (Å²) in [4.78, 5) is 0. The van der Waals surface area contributed by atoms with Gasteiger partial charge in [0, 0.05) is 5.54 Å². The second-order valence-electron chi connectivity index (χ2n) is 4.60. The number of ether oxygens (including phenoxy) is 2. The second-order valence-corrected chi connectivity index (χ2v) is 4.60. The van der Waals surface area contributed by atoms with Gasteiger partial charge in [0.05, 0.1) is 14.2 Å². The molecular formula is C13H19NO2. The first-order valence-electron chi connectivity index (χ1n) is 5.63. The lowest BCUT2D eigenvalue weighted by Crippen LogP contribution is -2.55. The number of hydrogen-bond donors (Lipinski definition) is 1. The number of methoxy groups -OCH3 is 2. The average molecular weight is 221 g/mol. The summed E-state index contributed by atoms with van der Waals surface area (Å²) in [6.45, 7) is 3.39. The quantitative estimate of drug-likeness (QED) is 0.843. The molecule has 1 saturated heterocycles. The van der Waals surface area contributed by atoms with Crippen molar-refractivity contribution in [1.29, 1.82) is 0 Å². The van der Waals surface area contributed by atoms with Crippen LogP contribution in [0, 0.1) is 0 Å². The van der Waals surface area contributed by atoms with E-state index in [4.69, 9.17) is 9.47 Å². The Hall–Kier alpha value is -1.22. The van der Waals surface area contributed by atoms with Crippen LogP contribution in [0.2, 0.25) is 0 Å². The van der Waals surface area contributed by atoms with Gasteiger partial charge in [-0.2, -0.15) is 0 Å². The number of rotatable bonds is 4. The topological polar surface area (TPSA) is 30.5 Å². The largest absolute Gasteiger partial charge is 0.493 e. The summed E-state index contributed by atoms with van der Waals surface area (Å²) in [5, 5.41) is 3.46. The standard InChI is InChI=1S/C13H19NO2/c1-13(6-7-14-13)9-10-4-5-11(15-2)12(8-10)16-3/h4-5,8,14H,6-7,9H2,1-3H3. The SMILES string of the molecule is COc1ccc(CC2(C)CCN2)cc1OC. The first kappa shape index (κ1) is 11.3. The minimum Gasteiger partial charge on any atom is -0.493 e. The van der Waals surface area contributed by atoms with Crippen LogP contribution in [-0.2, 0) is 6.42 Å². The van der Waals surface area contributed by atoms with Gasteiger partial charge in [-0.05, 0) is 44.0 Å². The van der Waals surface area contributed by atoms with Crippen LogP contribution in [0.5, 0.6) is 11.5 Å². The van der Waals surface area contributed by atoms with E-state index in [1.165, 1.54) is 12.0 Å². The summed E-state index contributed by atoms with van der Waals surface area (Å²) in [5.74, 6) is 1.60. The van der Waals surface area contributed by atoms with E-state index in [-0.39, 0.29) is 5.54 Å². The molecule has 0 aliphatic carbocycles. The van der Waals surface area contributed by atoms with Gasteiger partial charge in [-0.3, -0.25) is 0 Å². The van der Waals surface area contributed by atoms with Crippen LogP contribution in [0.4, 0.5) is 0 Å². The lowest BCUT2D eigenvalue weighted by Gasteiger charge is -2.40. The fourth-order valence-corrected chi connectivity index (χ4v) is 2.14. The van der Waals surface area contributed by atoms with Crippen molar-refractivity contribution in [3.63, 3.8) is 0 Å². The molecule has 0 bridgehead atoms. The Morgan fingerprint density at radius 3 is 2.44 bits per heavy atom. The maximum absolute atomic E-state index is 5.30. The van der Waals surface area contributed by atoms with Gasteiger partial charge < -0.3 is 14.8 Å². The molecule has 0 saturated carbocycles. The Morgan fingerprint density at radius 1 is 1.25 bits per heavy atom. The van der Waals surface area contributed by atoms with Crippen molar-refractivity contribution in [2.75, 3.05) is 20.8 Å².